The summed E-state index contributed by atoms with van der Waals surface area (Å²) in [5.74, 6) is 1.56. The topological polar surface area (TPSA) is 30.5 Å². The van der Waals surface area contributed by atoms with E-state index in [4.69, 9.17) is 9.47 Å². The van der Waals surface area contributed by atoms with E-state index in [1.807, 2.05) is 36.4 Å². The van der Waals surface area contributed by atoms with Crippen molar-refractivity contribution in [3.05, 3.63) is 65.2 Å². The number of para-hydroxylation sites is 1. The smallest absolute Gasteiger partial charge is 0.165 e. The lowest BCUT2D eigenvalue weighted by Crippen LogP contribution is -2.16. The summed E-state index contributed by atoms with van der Waals surface area (Å²) < 4.78 is 10.8. The lowest BCUT2D eigenvalue weighted by Gasteiger charge is -2.13. The summed E-state index contributed by atoms with van der Waals surface area (Å²) in [6.45, 7) is 3.69. The molecule has 0 heterocycles. The summed E-state index contributed by atoms with van der Waals surface area (Å²) in [4.78, 5) is 0. The van der Waals surface area contributed by atoms with Gasteiger partial charge in [0, 0.05) is 18.7 Å². The zero-order chi connectivity index (χ0) is 15.8. The van der Waals surface area contributed by atoms with Gasteiger partial charge in [-0.25, -0.2) is 0 Å². The predicted octanol–water partition coefficient (Wildman–Crippen LogP) is 3.90. The molecular formula is C19H23NO2. The third-order valence-corrected chi connectivity index (χ3v) is 3.42. The molecule has 0 saturated carbocycles. The van der Waals surface area contributed by atoms with E-state index in [-0.39, 0.29) is 0 Å². The number of benzene rings is 2. The first kappa shape index (κ1) is 16.1. The van der Waals surface area contributed by atoms with Gasteiger partial charge in [0.25, 0.3) is 0 Å². The first-order valence-electron chi connectivity index (χ1n) is 7.37. The van der Waals surface area contributed by atoms with Crippen LogP contribution in [0.25, 0.3) is 6.08 Å². The van der Waals surface area contributed by atoms with E-state index in [0.717, 1.165) is 30.2 Å². The fourth-order valence-corrected chi connectivity index (χ4v) is 2.37. The van der Waals surface area contributed by atoms with Crippen LogP contribution in [0.2, 0.25) is 0 Å². The third kappa shape index (κ3) is 4.37. The number of hydrogen-bond donors (Lipinski definition) is 1. The standard InChI is InChI=1S/C19H23NO2/c1-15(12-16-8-5-4-6-9-16)13-20-14-17-10-7-11-18(21-2)19(17)22-3/h4-12,20H,13-14H2,1-3H3/b15-12+. The van der Waals surface area contributed by atoms with Crippen LogP contribution in [0.4, 0.5) is 0 Å². The Hall–Kier alpha value is -2.26. The summed E-state index contributed by atoms with van der Waals surface area (Å²) >= 11 is 0. The van der Waals surface area contributed by atoms with Crippen molar-refractivity contribution in [1.29, 1.82) is 0 Å². The average Bonchev–Trinajstić information content (AvgIpc) is 2.55. The maximum Gasteiger partial charge on any atom is 0.165 e. The molecule has 0 fully saturated rings. The molecule has 22 heavy (non-hydrogen) atoms. The molecule has 3 heteroatoms. The Morgan fingerprint density at radius 3 is 2.45 bits per heavy atom. The molecule has 0 atom stereocenters. The highest BCUT2D eigenvalue weighted by atomic mass is 16.5. The number of hydrogen-bond acceptors (Lipinski definition) is 3. The summed E-state index contributed by atoms with van der Waals surface area (Å²) in [5, 5.41) is 3.44. The maximum absolute atomic E-state index is 5.44. The molecule has 0 aliphatic heterocycles. The SMILES string of the molecule is COc1cccc(CNC/C(C)=C/c2ccccc2)c1OC. The van der Waals surface area contributed by atoms with Gasteiger partial charge in [-0.15, -0.1) is 0 Å². The van der Waals surface area contributed by atoms with Gasteiger partial charge in [0.2, 0.25) is 0 Å². The van der Waals surface area contributed by atoms with Gasteiger partial charge in [-0.05, 0) is 18.6 Å². The van der Waals surface area contributed by atoms with Crippen molar-refractivity contribution >= 4 is 6.08 Å². The molecule has 0 aromatic heterocycles. The average molecular weight is 297 g/mol. The van der Waals surface area contributed by atoms with E-state index < -0.39 is 0 Å². The largest absolute Gasteiger partial charge is 0.493 e. The van der Waals surface area contributed by atoms with Crippen LogP contribution in [-0.4, -0.2) is 20.8 Å². The monoisotopic (exact) mass is 297 g/mol. The molecule has 0 saturated heterocycles. The van der Waals surface area contributed by atoms with Gasteiger partial charge in [0.05, 0.1) is 14.2 Å². The number of ether oxygens (including phenoxy) is 2. The van der Waals surface area contributed by atoms with Crippen molar-refractivity contribution in [2.75, 3.05) is 20.8 Å². The fraction of sp³-hybridized carbons (Fsp3) is 0.263. The van der Waals surface area contributed by atoms with Crippen molar-refractivity contribution in [1.82, 2.24) is 5.32 Å². The highest BCUT2D eigenvalue weighted by molar-refractivity contribution is 5.52. The fourth-order valence-electron chi connectivity index (χ4n) is 2.37. The molecule has 2 rings (SSSR count). The third-order valence-electron chi connectivity index (χ3n) is 3.42. The zero-order valence-corrected chi connectivity index (χ0v) is 13.4. The van der Waals surface area contributed by atoms with Crippen LogP contribution in [0, 0.1) is 0 Å². The van der Waals surface area contributed by atoms with Crippen molar-refractivity contribution in [3.63, 3.8) is 0 Å². The predicted molar refractivity (Wildman–Crippen MR) is 91.3 cm³/mol. The molecule has 0 radical (unpaired) electrons. The van der Waals surface area contributed by atoms with E-state index in [2.05, 4.69) is 30.4 Å². The molecule has 3 nitrogen and oxygen atoms in total. The molecular weight excluding hydrogens is 274 g/mol. The molecule has 0 amide bonds. The quantitative estimate of drug-likeness (QED) is 0.841. The Morgan fingerprint density at radius 1 is 1.00 bits per heavy atom. The van der Waals surface area contributed by atoms with E-state index in [1.54, 1.807) is 14.2 Å². The Labute approximate surface area is 132 Å². The Morgan fingerprint density at radius 2 is 1.77 bits per heavy atom. The molecule has 2 aromatic carbocycles. The van der Waals surface area contributed by atoms with Crippen molar-refractivity contribution in [2.24, 2.45) is 0 Å². The number of nitrogens with one attached hydrogen (secondary N) is 1. The Balaban J connectivity index is 1.95. The minimum atomic E-state index is 0.736. The molecule has 116 valence electrons. The van der Waals surface area contributed by atoms with Crippen LogP contribution in [0.5, 0.6) is 11.5 Å². The molecule has 2 aromatic rings. The highest BCUT2D eigenvalue weighted by Crippen LogP contribution is 2.30. The second-order valence-electron chi connectivity index (χ2n) is 5.16. The summed E-state index contributed by atoms with van der Waals surface area (Å²) in [6, 6.07) is 16.3. The summed E-state index contributed by atoms with van der Waals surface area (Å²) in [6.07, 6.45) is 2.19. The van der Waals surface area contributed by atoms with Crippen LogP contribution in [0.3, 0.4) is 0 Å². The molecule has 0 spiro atoms. The second-order valence-corrected chi connectivity index (χ2v) is 5.16. The summed E-state index contributed by atoms with van der Waals surface area (Å²) in [5.41, 5.74) is 3.60. The van der Waals surface area contributed by atoms with Crippen LogP contribution < -0.4 is 14.8 Å². The maximum atomic E-state index is 5.44. The lowest BCUT2D eigenvalue weighted by molar-refractivity contribution is 0.351. The van der Waals surface area contributed by atoms with Crippen molar-refractivity contribution < 1.29 is 9.47 Å². The van der Waals surface area contributed by atoms with Gasteiger partial charge in [0.15, 0.2) is 11.5 Å². The van der Waals surface area contributed by atoms with Gasteiger partial charge in [-0.1, -0.05) is 54.1 Å². The second kappa shape index (κ2) is 8.25. The highest BCUT2D eigenvalue weighted by Gasteiger charge is 2.08. The van der Waals surface area contributed by atoms with E-state index in [9.17, 15) is 0 Å². The first-order valence-corrected chi connectivity index (χ1v) is 7.37. The molecule has 0 aliphatic carbocycles. The molecule has 0 bridgehead atoms. The molecule has 0 unspecified atom stereocenters. The lowest BCUT2D eigenvalue weighted by atomic mass is 10.1. The van der Waals surface area contributed by atoms with Gasteiger partial charge in [-0.2, -0.15) is 0 Å². The zero-order valence-electron chi connectivity index (χ0n) is 13.4. The van der Waals surface area contributed by atoms with Gasteiger partial charge < -0.3 is 14.8 Å². The van der Waals surface area contributed by atoms with Crippen molar-refractivity contribution in [3.8, 4) is 11.5 Å². The number of methoxy groups -OCH3 is 2. The van der Waals surface area contributed by atoms with Gasteiger partial charge in [-0.3, -0.25) is 0 Å². The van der Waals surface area contributed by atoms with E-state index in [1.165, 1.54) is 11.1 Å². The van der Waals surface area contributed by atoms with Crippen LogP contribution in [0.15, 0.2) is 54.1 Å². The summed E-state index contributed by atoms with van der Waals surface area (Å²) in [7, 11) is 3.32. The normalized spacial score (nSPS) is 11.3. The number of rotatable bonds is 7. The molecule has 1 N–H and O–H groups in total. The van der Waals surface area contributed by atoms with E-state index in [0.29, 0.717) is 0 Å². The van der Waals surface area contributed by atoms with Gasteiger partial charge in [0.1, 0.15) is 0 Å². The van der Waals surface area contributed by atoms with Crippen LogP contribution in [0.1, 0.15) is 18.1 Å². The van der Waals surface area contributed by atoms with Crippen LogP contribution >= 0.6 is 0 Å². The van der Waals surface area contributed by atoms with Crippen molar-refractivity contribution in [2.45, 2.75) is 13.5 Å². The Bertz CT molecular complexity index is 621. The molecule has 0 aliphatic rings. The van der Waals surface area contributed by atoms with Gasteiger partial charge >= 0.3 is 0 Å². The van der Waals surface area contributed by atoms with Crippen LogP contribution in [-0.2, 0) is 6.54 Å². The first-order chi connectivity index (χ1) is 10.7. The minimum Gasteiger partial charge on any atom is -0.493 e. The Kier molecular flexibility index (Phi) is 6.04. The van der Waals surface area contributed by atoms with E-state index >= 15 is 0 Å². The minimum absolute atomic E-state index is 0.736.